The molecule has 0 aliphatic carbocycles. The number of sulfonamides is 1. The second kappa shape index (κ2) is 8.04. The third-order valence-electron chi connectivity index (χ3n) is 4.54. The van der Waals surface area contributed by atoms with Gasteiger partial charge in [-0.15, -0.1) is 0 Å². The summed E-state index contributed by atoms with van der Waals surface area (Å²) >= 11 is 3.39. The van der Waals surface area contributed by atoms with E-state index in [1.807, 2.05) is 19.1 Å². The summed E-state index contributed by atoms with van der Waals surface area (Å²) in [5.74, 6) is 0.897. The van der Waals surface area contributed by atoms with E-state index in [-0.39, 0.29) is 11.4 Å². The molecule has 0 atom stereocenters. The molecule has 8 heteroatoms. The Kier molecular flexibility index (Phi) is 5.96. The van der Waals surface area contributed by atoms with E-state index in [4.69, 9.17) is 0 Å². The third-order valence-corrected chi connectivity index (χ3v) is 6.83. The van der Waals surface area contributed by atoms with Gasteiger partial charge < -0.3 is 9.80 Å². The zero-order valence-electron chi connectivity index (χ0n) is 14.9. The van der Waals surface area contributed by atoms with Crippen LogP contribution in [0.25, 0.3) is 0 Å². The highest BCUT2D eigenvalue weighted by Gasteiger charge is 2.17. The lowest BCUT2D eigenvalue weighted by molar-refractivity contribution is 0.312. The Hall–Kier alpha value is -1.48. The zero-order valence-corrected chi connectivity index (χ0v) is 17.3. The number of aryl methyl sites for hydroxylation is 1. The number of nitrogens with one attached hydrogen (secondary N) is 1. The number of hydrogen-bond donors (Lipinski definition) is 1. The Morgan fingerprint density at radius 1 is 1.15 bits per heavy atom. The summed E-state index contributed by atoms with van der Waals surface area (Å²) < 4.78 is 28.6. The first-order valence-electron chi connectivity index (χ1n) is 8.49. The van der Waals surface area contributed by atoms with Crippen LogP contribution in [-0.4, -0.2) is 51.5 Å². The highest BCUT2D eigenvalue weighted by molar-refractivity contribution is 9.10. The smallest absolute Gasteiger partial charge is 0.240 e. The molecule has 1 aromatic carbocycles. The normalized spacial score (nSPS) is 16.0. The van der Waals surface area contributed by atoms with Crippen molar-refractivity contribution in [2.24, 2.45) is 0 Å². The average Bonchev–Trinajstić information content (AvgIpc) is 2.63. The van der Waals surface area contributed by atoms with Gasteiger partial charge in [-0.25, -0.2) is 18.1 Å². The highest BCUT2D eigenvalue weighted by Crippen LogP contribution is 2.20. The third kappa shape index (κ3) is 4.62. The summed E-state index contributed by atoms with van der Waals surface area (Å²) in [6, 6.07) is 8.81. The molecule has 2 heterocycles. The van der Waals surface area contributed by atoms with Gasteiger partial charge in [-0.05, 0) is 55.4 Å². The molecule has 0 saturated carbocycles. The van der Waals surface area contributed by atoms with Crippen LogP contribution >= 0.6 is 15.9 Å². The Labute approximate surface area is 163 Å². The summed E-state index contributed by atoms with van der Waals surface area (Å²) in [4.78, 5) is 9.23. The molecule has 1 saturated heterocycles. The number of pyridine rings is 1. The van der Waals surface area contributed by atoms with Gasteiger partial charge in [0.15, 0.2) is 0 Å². The van der Waals surface area contributed by atoms with Gasteiger partial charge in [-0.2, -0.15) is 0 Å². The topological polar surface area (TPSA) is 65.5 Å². The predicted molar refractivity (Wildman–Crippen MR) is 107 cm³/mol. The lowest BCUT2D eigenvalue weighted by Gasteiger charge is -2.33. The molecule has 1 aliphatic heterocycles. The molecule has 0 spiro atoms. The van der Waals surface area contributed by atoms with Crippen molar-refractivity contribution in [3.63, 3.8) is 0 Å². The van der Waals surface area contributed by atoms with Gasteiger partial charge in [-0.1, -0.05) is 15.9 Å². The second-order valence-electron chi connectivity index (χ2n) is 6.55. The number of hydrogen-bond acceptors (Lipinski definition) is 5. The summed E-state index contributed by atoms with van der Waals surface area (Å²) in [7, 11) is -1.44. The van der Waals surface area contributed by atoms with Gasteiger partial charge in [0.1, 0.15) is 5.82 Å². The summed E-state index contributed by atoms with van der Waals surface area (Å²) in [5.41, 5.74) is 1.78. The predicted octanol–water partition coefficient (Wildman–Crippen LogP) is 2.38. The van der Waals surface area contributed by atoms with Crippen LogP contribution in [0.3, 0.4) is 0 Å². The molecule has 6 nitrogen and oxygen atoms in total. The molecule has 1 aliphatic rings. The molecule has 1 aromatic heterocycles. The Balaban J connectivity index is 1.69. The van der Waals surface area contributed by atoms with E-state index in [1.165, 1.54) is 0 Å². The van der Waals surface area contributed by atoms with E-state index in [0.29, 0.717) is 0 Å². The number of piperazine rings is 1. The second-order valence-corrected chi connectivity index (χ2v) is 9.17. The van der Waals surface area contributed by atoms with Crippen molar-refractivity contribution in [2.75, 3.05) is 38.1 Å². The van der Waals surface area contributed by atoms with E-state index in [2.05, 4.69) is 42.5 Å². The van der Waals surface area contributed by atoms with E-state index in [0.717, 1.165) is 47.6 Å². The SMILES string of the molecule is Cc1cc(S(=O)(=O)NCc2ccnc(N3CCN(C)CC3)c2)ccc1Br. The molecule has 26 heavy (non-hydrogen) atoms. The van der Waals surface area contributed by atoms with Gasteiger partial charge in [-0.3, -0.25) is 0 Å². The fourth-order valence-electron chi connectivity index (χ4n) is 2.83. The largest absolute Gasteiger partial charge is 0.354 e. The van der Waals surface area contributed by atoms with E-state index >= 15 is 0 Å². The standard InChI is InChI=1S/C18H23BrN4O2S/c1-14-11-16(3-4-17(14)19)26(24,25)21-13-15-5-6-20-18(12-15)23-9-7-22(2)8-10-23/h3-6,11-12,21H,7-10,13H2,1-2H3. The average molecular weight is 439 g/mol. The van der Waals surface area contributed by atoms with E-state index in [9.17, 15) is 8.42 Å². The van der Waals surface area contributed by atoms with Gasteiger partial charge in [0.25, 0.3) is 0 Å². The maximum Gasteiger partial charge on any atom is 0.240 e. The van der Waals surface area contributed by atoms with Crippen molar-refractivity contribution < 1.29 is 8.42 Å². The molecule has 0 bridgehead atoms. The minimum atomic E-state index is -3.55. The fraction of sp³-hybridized carbons (Fsp3) is 0.389. The number of benzene rings is 1. The molecule has 1 fully saturated rings. The number of rotatable bonds is 5. The molecule has 0 radical (unpaired) electrons. The molecule has 140 valence electrons. The van der Waals surface area contributed by atoms with Crippen LogP contribution in [0.1, 0.15) is 11.1 Å². The fourth-order valence-corrected chi connectivity index (χ4v) is 4.17. The minimum Gasteiger partial charge on any atom is -0.354 e. The van der Waals surface area contributed by atoms with Crippen molar-refractivity contribution >= 4 is 31.8 Å². The maximum absolute atomic E-state index is 12.5. The van der Waals surface area contributed by atoms with Crippen LogP contribution in [0.15, 0.2) is 45.9 Å². The number of nitrogens with zero attached hydrogens (tertiary/aromatic N) is 3. The Bertz CT molecular complexity index is 881. The summed E-state index contributed by atoms with van der Waals surface area (Å²) in [6.45, 7) is 5.96. The van der Waals surface area contributed by atoms with Crippen LogP contribution < -0.4 is 9.62 Å². The molecule has 0 amide bonds. The minimum absolute atomic E-state index is 0.237. The molecule has 1 N–H and O–H groups in total. The Morgan fingerprint density at radius 2 is 1.88 bits per heavy atom. The van der Waals surface area contributed by atoms with Crippen LogP contribution in [-0.2, 0) is 16.6 Å². The number of likely N-dealkylation sites (N-methyl/N-ethyl adjacent to an activating group) is 1. The highest BCUT2D eigenvalue weighted by atomic mass is 79.9. The molecular formula is C18H23BrN4O2S. The van der Waals surface area contributed by atoms with E-state index in [1.54, 1.807) is 24.4 Å². The van der Waals surface area contributed by atoms with Crippen LogP contribution in [0.4, 0.5) is 5.82 Å². The first-order valence-corrected chi connectivity index (χ1v) is 10.8. The van der Waals surface area contributed by atoms with Gasteiger partial charge in [0.2, 0.25) is 10.0 Å². The number of halogens is 1. The molecule has 3 rings (SSSR count). The number of anilines is 1. The lowest BCUT2D eigenvalue weighted by Crippen LogP contribution is -2.44. The van der Waals surface area contributed by atoms with Gasteiger partial charge in [0.05, 0.1) is 4.90 Å². The molecular weight excluding hydrogens is 416 g/mol. The van der Waals surface area contributed by atoms with Crippen molar-refractivity contribution in [1.82, 2.24) is 14.6 Å². The lowest BCUT2D eigenvalue weighted by atomic mass is 10.2. The first-order chi connectivity index (χ1) is 12.3. The van der Waals surface area contributed by atoms with Crippen LogP contribution in [0, 0.1) is 6.92 Å². The van der Waals surface area contributed by atoms with Crippen molar-refractivity contribution in [3.05, 3.63) is 52.1 Å². The first kappa shape index (κ1) is 19.3. The Morgan fingerprint density at radius 3 is 2.58 bits per heavy atom. The van der Waals surface area contributed by atoms with E-state index < -0.39 is 10.0 Å². The maximum atomic E-state index is 12.5. The van der Waals surface area contributed by atoms with Crippen molar-refractivity contribution in [1.29, 1.82) is 0 Å². The van der Waals surface area contributed by atoms with Crippen LogP contribution in [0.5, 0.6) is 0 Å². The quantitative estimate of drug-likeness (QED) is 0.775. The molecule has 2 aromatic rings. The van der Waals surface area contributed by atoms with Gasteiger partial charge in [0, 0.05) is 43.4 Å². The monoisotopic (exact) mass is 438 g/mol. The van der Waals surface area contributed by atoms with Crippen LogP contribution in [0.2, 0.25) is 0 Å². The van der Waals surface area contributed by atoms with Crippen molar-refractivity contribution in [3.8, 4) is 0 Å². The number of aromatic nitrogens is 1. The molecule has 0 unspecified atom stereocenters. The summed E-state index contributed by atoms with van der Waals surface area (Å²) in [5, 5.41) is 0. The summed E-state index contributed by atoms with van der Waals surface area (Å²) in [6.07, 6.45) is 1.74. The zero-order chi connectivity index (χ0) is 18.7. The van der Waals surface area contributed by atoms with Gasteiger partial charge >= 0.3 is 0 Å². The van der Waals surface area contributed by atoms with Crippen molar-refractivity contribution in [2.45, 2.75) is 18.4 Å².